The lowest BCUT2D eigenvalue weighted by molar-refractivity contribution is -0.132. The molecule has 7 rings (SSSR count). The molecule has 0 spiro atoms. The van der Waals surface area contributed by atoms with Gasteiger partial charge in [0.15, 0.2) is 4.34 Å². The second-order valence-electron chi connectivity index (χ2n) is 11.7. The number of carbonyl (C=O) groups is 2. The molecule has 2 heterocycles. The van der Waals surface area contributed by atoms with Crippen molar-refractivity contribution in [1.82, 2.24) is 10.2 Å². The zero-order valence-electron chi connectivity index (χ0n) is 26.3. The molecule has 1 fully saturated rings. The number of anilines is 1. The molecule has 1 N–H and O–H groups in total. The van der Waals surface area contributed by atoms with E-state index in [0.717, 1.165) is 16.7 Å². The maximum atomic E-state index is 13.7. The lowest BCUT2D eigenvalue weighted by Crippen LogP contribution is -2.29. The maximum Gasteiger partial charge on any atom is 0.301 e. The van der Waals surface area contributed by atoms with Gasteiger partial charge in [0.05, 0.1) is 11.6 Å². The van der Waals surface area contributed by atoms with Crippen molar-refractivity contribution in [3.63, 3.8) is 0 Å². The van der Waals surface area contributed by atoms with Gasteiger partial charge in [-0.25, -0.2) is 0 Å². The van der Waals surface area contributed by atoms with Crippen molar-refractivity contribution in [3.8, 4) is 5.75 Å². The first-order valence-electron chi connectivity index (χ1n) is 15.4. The van der Waals surface area contributed by atoms with Crippen LogP contribution in [0.5, 0.6) is 5.75 Å². The second kappa shape index (κ2) is 13.5. The van der Waals surface area contributed by atoms with Crippen molar-refractivity contribution >= 4 is 56.5 Å². The Labute approximate surface area is 286 Å². The van der Waals surface area contributed by atoms with E-state index < -0.39 is 17.7 Å². The molecule has 6 aromatic rings. The molecular formula is C39H31N3O4S2. The molecule has 1 aliphatic heterocycles. The lowest BCUT2D eigenvalue weighted by atomic mass is 9.95. The molecule has 1 amide bonds. The molecule has 0 bridgehead atoms. The summed E-state index contributed by atoms with van der Waals surface area (Å²) in [5.41, 5.74) is 5.47. The number of aliphatic hydroxyl groups is 1. The Morgan fingerprint density at radius 2 is 1.60 bits per heavy atom. The van der Waals surface area contributed by atoms with Crippen LogP contribution in [0.15, 0.2) is 125 Å². The summed E-state index contributed by atoms with van der Waals surface area (Å²) in [7, 11) is 0. The quantitative estimate of drug-likeness (QED) is 0.0541. The van der Waals surface area contributed by atoms with E-state index >= 15 is 0 Å². The Bertz CT molecular complexity index is 2170. The van der Waals surface area contributed by atoms with Gasteiger partial charge in [-0.3, -0.25) is 14.5 Å². The number of hydrogen-bond donors (Lipinski definition) is 1. The Morgan fingerprint density at radius 1 is 0.854 bits per heavy atom. The van der Waals surface area contributed by atoms with Gasteiger partial charge in [0, 0.05) is 11.3 Å². The second-order valence-corrected chi connectivity index (χ2v) is 13.8. The van der Waals surface area contributed by atoms with Gasteiger partial charge in [0.25, 0.3) is 5.78 Å². The van der Waals surface area contributed by atoms with Crippen molar-refractivity contribution in [3.05, 3.63) is 154 Å². The zero-order valence-corrected chi connectivity index (χ0v) is 27.9. The van der Waals surface area contributed by atoms with E-state index in [2.05, 4.69) is 40.5 Å². The number of rotatable bonds is 9. The van der Waals surface area contributed by atoms with E-state index in [-0.39, 0.29) is 11.3 Å². The summed E-state index contributed by atoms with van der Waals surface area (Å²) in [4.78, 5) is 28.7. The number of nitrogens with zero attached hydrogens (tertiary/aromatic N) is 3. The predicted octanol–water partition coefficient (Wildman–Crippen LogP) is 8.81. The van der Waals surface area contributed by atoms with E-state index in [9.17, 15) is 14.7 Å². The standard InChI is InChI=1S/C39H31N3O4S2/c1-24-13-15-28(16-14-24)34-33(35(43)29-17-19-31(20-18-29)46-22-26-8-5-7-25(2)21-26)36(44)37(45)42(34)38-40-41-39(48-38)47-23-30-11-6-10-27-9-3-4-12-32(27)30/h3-21,34,43H,22-23H2,1-2H3. The number of aliphatic hydroxyl groups excluding tert-OH is 1. The van der Waals surface area contributed by atoms with Gasteiger partial charge >= 0.3 is 5.91 Å². The van der Waals surface area contributed by atoms with Crippen molar-refractivity contribution in [2.45, 2.75) is 36.6 Å². The van der Waals surface area contributed by atoms with Crippen LogP contribution in [0.4, 0.5) is 5.13 Å². The highest BCUT2D eigenvalue weighted by Gasteiger charge is 2.48. The van der Waals surface area contributed by atoms with E-state index in [0.29, 0.717) is 38.7 Å². The summed E-state index contributed by atoms with van der Waals surface area (Å²) in [5.74, 6) is -0.520. The molecule has 1 atom stereocenters. The molecule has 7 nitrogen and oxygen atoms in total. The van der Waals surface area contributed by atoms with Crippen LogP contribution in [0, 0.1) is 13.8 Å². The maximum absolute atomic E-state index is 13.7. The molecule has 1 saturated heterocycles. The predicted molar refractivity (Wildman–Crippen MR) is 191 cm³/mol. The third-order valence-electron chi connectivity index (χ3n) is 8.29. The number of fused-ring (bicyclic) bond motifs is 1. The van der Waals surface area contributed by atoms with Crippen molar-refractivity contribution in [2.24, 2.45) is 0 Å². The fourth-order valence-electron chi connectivity index (χ4n) is 5.84. The van der Waals surface area contributed by atoms with E-state index in [1.165, 1.54) is 44.3 Å². The lowest BCUT2D eigenvalue weighted by Gasteiger charge is -2.22. The van der Waals surface area contributed by atoms with Crippen LogP contribution < -0.4 is 9.64 Å². The van der Waals surface area contributed by atoms with E-state index in [4.69, 9.17) is 4.74 Å². The summed E-state index contributed by atoms with van der Waals surface area (Å²) in [6.07, 6.45) is 0. The van der Waals surface area contributed by atoms with Crippen LogP contribution in [-0.2, 0) is 21.9 Å². The minimum Gasteiger partial charge on any atom is -0.507 e. The average molecular weight is 670 g/mol. The Morgan fingerprint density at radius 3 is 2.40 bits per heavy atom. The molecule has 1 unspecified atom stereocenters. The Balaban J connectivity index is 1.17. The minimum absolute atomic E-state index is 0.00237. The van der Waals surface area contributed by atoms with Crippen LogP contribution in [0.25, 0.3) is 16.5 Å². The highest BCUT2D eigenvalue weighted by atomic mass is 32.2. The smallest absolute Gasteiger partial charge is 0.301 e. The molecule has 0 radical (unpaired) electrons. The number of aryl methyl sites for hydroxylation is 2. The third kappa shape index (κ3) is 6.34. The van der Waals surface area contributed by atoms with E-state index in [1.807, 2.05) is 74.5 Å². The van der Waals surface area contributed by atoms with Crippen LogP contribution in [0.1, 0.15) is 39.4 Å². The number of Topliss-reactive ketones (excluding diaryl/α,β-unsaturated/α-hetero) is 1. The number of amides is 1. The Kier molecular flexibility index (Phi) is 8.80. The summed E-state index contributed by atoms with van der Waals surface area (Å²) in [6.45, 7) is 4.40. The number of benzene rings is 5. The molecule has 1 aliphatic rings. The van der Waals surface area contributed by atoms with Crippen LogP contribution >= 0.6 is 23.1 Å². The highest BCUT2D eigenvalue weighted by molar-refractivity contribution is 8.00. The third-order valence-corrected chi connectivity index (χ3v) is 10.4. The molecular weight excluding hydrogens is 639 g/mol. The number of ether oxygens (including phenoxy) is 1. The van der Waals surface area contributed by atoms with Gasteiger partial charge in [0.2, 0.25) is 5.13 Å². The topological polar surface area (TPSA) is 92.6 Å². The Hall–Kier alpha value is -5.25. The molecule has 0 aliphatic carbocycles. The molecule has 9 heteroatoms. The first-order chi connectivity index (χ1) is 23.4. The SMILES string of the molecule is Cc1ccc(C2C(=C(O)c3ccc(OCc4cccc(C)c4)cc3)C(=O)C(=O)N2c2nnc(SCc3cccc4ccccc34)s2)cc1. The summed E-state index contributed by atoms with van der Waals surface area (Å²) in [6, 6.07) is 36.1. The normalized spacial score (nSPS) is 15.7. The van der Waals surface area contributed by atoms with Crippen LogP contribution in [0.2, 0.25) is 0 Å². The molecule has 5 aromatic carbocycles. The molecule has 1 aromatic heterocycles. The number of ketones is 1. The monoisotopic (exact) mass is 669 g/mol. The summed E-state index contributed by atoms with van der Waals surface area (Å²) < 4.78 is 6.62. The van der Waals surface area contributed by atoms with Crippen LogP contribution in [0.3, 0.4) is 0 Å². The first-order valence-corrected chi connectivity index (χ1v) is 17.3. The fraction of sp³-hybridized carbons (Fsp3) is 0.128. The summed E-state index contributed by atoms with van der Waals surface area (Å²) in [5, 5.41) is 23.0. The highest BCUT2D eigenvalue weighted by Crippen LogP contribution is 2.44. The number of thioether (sulfide) groups is 1. The minimum atomic E-state index is -0.883. The first kappa shape index (κ1) is 31.4. The molecule has 0 saturated carbocycles. The molecule has 238 valence electrons. The average Bonchev–Trinajstić information content (AvgIpc) is 3.68. The van der Waals surface area contributed by atoms with Crippen molar-refractivity contribution in [2.75, 3.05) is 4.90 Å². The van der Waals surface area contributed by atoms with E-state index in [1.54, 1.807) is 24.3 Å². The van der Waals surface area contributed by atoms with Crippen molar-refractivity contribution < 1.29 is 19.4 Å². The summed E-state index contributed by atoms with van der Waals surface area (Å²) >= 11 is 2.78. The number of aromatic nitrogens is 2. The number of hydrogen-bond acceptors (Lipinski definition) is 8. The van der Waals surface area contributed by atoms with Gasteiger partial charge in [-0.15, -0.1) is 10.2 Å². The largest absolute Gasteiger partial charge is 0.507 e. The fourth-order valence-corrected chi connectivity index (χ4v) is 7.71. The van der Waals surface area contributed by atoms with Gasteiger partial charge in [0.1, 0.15) is 18.1 Å². The number of carbonyl (C=O) groups excluding carboxylic acids is 2. The van der Waals surface area contributed by atoms with Gasteiger partial charge in [-0.2, -0.15) is 0 Å². The molecule has 48 heavy (non-hydrogen) atoms. The van der Waals surface area contributed by atoms with Gasteiger partial charge in [-0.05, 0) is 65.6 Å². The van der Waals surface area contributed by atoms with Crippen molar-refractivity contribution in [1.29, 1.82) is 0 Å². The van der Waals surface area contributed by atoms with Crippen LogP contribution in [-0.4, -0.2) is 27.0 Å². The van der Waals surface area contributed by atoms with Gasteiger partial charge in [-0.1, -0.05) is 125 Å². The zero-order chi connectivity index (χ0) is 33.2. The van der Waals surface area contributed by atoms with Gasteiger partial charge < -0.3 is 9.84 Å².